The molecule has 0 spiro atoms. The Morgan fingerprint density at radius 1 is 1.60 bits per heavy atom. The summed E-state index contributed by atoms with van der Waals surface area (Å²) in [5.41, 5.74) is 0. The number of piperidine rings is 1. The van der Waals surface area contributed by atoms with E-state index in [0.717, 1.165) is 19.0 Å². The first-order valence-corrected chi connectivity index (χ1v) is 4.03. The van der Waals surface area contributed by atoms with Crippen molar-refractivity contribution in [3.63, 3.8) is 0 Å². The van der Waals surface area contributed by atoms with Gasteiger partial charge in [-0.25, -0.2) is 0 Å². The van der Waals surface area contributed by atoms with Gasteiger partial charge in [-0.05, 0) is 18.9 Å². The predicted molar refractivity (Wildman–Crippen MR) is 43.6 cm³/mol. The van der Waals surface area contributed by atoms with Crippen LogP contribution >= 0.6 is 0 Å². The maximum Gasteiger partial charge on any atom is 0.0328 e. The van der Waals surface area contributed by atoms with Crippen LogP contribution in [0.5, 0.6) is 0 Å². The van der Waals surface area contributed by atoms with Gasteiger partial charge in [-0.2, -0.15) is 0 Å². The van der Waals surface area contributed by atoms with Crippen LogP contribution in [0, 0.1) is 24.2 Å². The molecule has 1 aliphatic rings. The summed E-state index contributed by atoms with van der Waals surface area (Å²) in [6.07, 6.45) is 7.81. The minimum atomic E-state index is 0.485. The van der Waals surface area contributed by atoms with Crippen molar-refractivity contribution in [2.24, 2.45) is 11.8 Å². The van der Waals surface area contributed by atoms with Crippen molar-refractivity contribution in [2.45, 2.75) is 19.8 Å². The third kappa shape index (κ3) is 1.75. The SMILES string of the molecule is C#C[C@@H]1CNC[C@@H](CC)C1. The molecule has 1 heterocycles. The summed E-state index contributed by atoms with van der Waals surface area (Å²) >= 11 is 0. The molecular weight excluding hydrogens is 122 g/mol. The lowest BCUT2D eigenvalue weighted by Crippen LogP contribution is -2.35. The van der Waals surface area contributed by atoms with Gasteiger partial charge in [0, 0.05) is 12.5 Å². The second-order valence-electron chi connectivity index (χ2n) is 3.03. The highest BCUT2D eigenvalue weighted by Gasteiger charge is 2.17. The average Bonchev–Trinajstić information content (AvgIpc) is 2.05. The normalized spacial score (nSPS) is 33.2. The average molecular weight is 137 g/mol. The Labute approximate surface area is 63.2 Å². The molecule has 10 heavy (non-hydrogen) atoms. The lowest BCUT2D eigenvalue weighted by molar-refractivity contribution is 0.324. The standard InChI is InChI=1S/C9H15N/c1-3-8-5-9(4-2)7-10-6-8/h1,8-10H,4-7H2,2H3/t8-,9-/m0/s1. The molecule has 0 aliphatic carbocycles. The topological polar surface area (TPSA) is 12.0 Å². The summed E-state index contributed by atoms with van der Waals surface area (Å²) in [4.78, 5) is 0. The van der Waals surface area contributed by atoms with Crippen molar-refractivity contribution < 1.29 is 0 Å². The molecule has 1 fully saturated rings. The smallest absolute Gasteiger partial charge is 0.0328 e. The highest BCUT2D eigenvalue weighted by molar-refractivity contribution is 4.97. The van der Waals surface area contributed by atoms with Gasteiger partial charge in [0.1, 0.15) is 0 Å². The van der Waals surface area contributed by atoms with Gasteiger partial charge in [0.15, 0.2) is 0 Å². The van der Waals surface area contributed by atoms with Gasteiger partial charge in [-0.15, -0.1) is 12.3 Å². The van der Waals surface area contributed by atoms with E-state index in [0.29, 0.717) is 5.92 Å². The molecule has 0 radical (unpaired) electrons. The van der Waals surface area contributed by atoms with E-state index in [1.807, 2.05) is 0 Å². The highest BCUT2D eigenvalue weighted by atomic mass is 14.9. The Morgan fingerprint density at radius 3 is 3.00 bits per heavy atom. The summed E-state index contributed by atoms with van der Waals surface area (Å²) in [5.74, 6) is 4.11. The predicted octanol–water partition coefficient (Wildman–Crippen LogP) is 1.26. The molecule has 0 aromatic heterocycles. The maximum atomic E-state index is 5.33. The number of rotatable bonds is 1. The number of hydrogen-bond acceptors (Lipinski definition) is 1. The molecule has 1 nitrogen and oxygen atoms in total. The fourth-order valence-corrected chi connectivity index (χ4v) is 1.47. The van der Waals surface area contributed by atoms with Crippen molar-refractivity contribution in [1.82, 2.24) is 5.32 Å². The van der Waals surface area contributed by atoms with Crippen molar-refractivity contribution in [3.8, 4) is 12.3 Å². The first-order valence-electron chi connectivity index (χ1n) is 4.03. The zero-order valence-corrected chi connectivity index (χ0v) is 6.56. The quantitative estimate of drug-likeness (QED) is 0.536. The Balaban J connectivity index is 2.33. The van der Waals surface area contributed by atoms with Crippen molar-refractivity contribution >= 4 is 0 Å². The van der Waals surface area contributed by atoms with Crippen LogP contribution in [0.15, 0.2) is 0 Å². The zero-order valence-electron chi connectivity index (χ0n) is 6.56. The van der Waals surface area contributed by atoms with Gasteiger partial charge in [0.25, 0.3) is 0 Å². The number of nitrogens with one attached hydrogen (secondary N) is 1. The molecule has 1 saturated heterocycles. The van der Waals surface area contributed by atoms with Crippen LogP contribution < -0.4 is 5.32 Å². The summed E-state index contributed by atoms with van der Waals surface area (Å²) in [6.45, 7) is 4.41. The van der Waals surface area contributed by atoms with Crippen LogP contribution in [-0.4, -0.2) is 13.1 Å². The fraction of sp³-hybridized carbons (Fsp3) is 0.778. The molecule has 1 heteroatoms. The molecule has 1 N–H and O–H groups in total. The van der Waals surface area contributed by atoms with E-state index in [-0.39, 0.29) is 0 Å². The Bertz CT molecular complexity index is 134. The molecular formula is C9H15N. The summed E-state index contributed by atoms with van der Waals surface area (Å²) < 4.78 is 0. The molecule has 0 saturated carbocycles. The van der Waals surface area contributed by atoms with Gasteiger partial charge < -0.3 is 5.32 Å². The van der Waals surface area contributed by atoms with Crippen LogP contribution in [0.1, 0.15) is 19.8 Å². The van der Waals surface area contributed by atoms with Gasteiger partial charge in [-0.1, -0.05) is 13.3 Å². The van der Waals surface area contributed by atoms with Crippen LogP contribution in [-0.2, 0) is 0 Å². The molecule has 2 atom stereocenters. The molecule has 56 valence electrons. The summed E-state index contributed by atoms with van der Waals surface area (Å²) in [7, 11) is 0. The third-order valence-electron chi connectivity index (χ3n) is 2.25. The molecule has 0 aromatic rings. The summed E-state index contributed by atoms with van der Waals surface area (Å²) in [5, 5.41) is 3.34. The second kappa shape index (κ2) is 3.63. The van der Waals surface area contributed by atoms with Crippen molar-refractivity contribution in [1.29, 1.82) is 0 Å². The number of hydrogen-bond donors (Lipinski definition) is 1. The van der Waals surface area contributed by atoms with Gasteiger partial charge in [0.2, 0.25) is 0 Å². The Hall–Kier alpha value is -0.480. The molecule has 0 unspecified atom stereocenters. The minimum absolute atomic E-state index is 0.485. The molecule has 0 bridgehead atoms. The fourth-order valence-electron chi connectivity index (χ4n) is 1.47. The monoisotopic (exact) mass is 137 g/mol. The van der Waals surface area contributed by atoms with E-state index in [4.69, 9.17) is 6.42 Å². The van der Waals surface area contributed by atoms with Gasteiger partial charge >= 0.3 is 0 Å². The van der Waals surface area contributed by atoms with Crippen LogP contribution in [0.4, 0.5) is 0 Å². The van der Waals surface area contributed by atoms with Crippen molar-refractivity contribution in [2.75, 3.05) is 13.1 Å². The largest absolute Gasteiger partial charge is 0.315 e. The summed E-state index contributed by atoms with van der Waals surface area (Å²) in [6, 6.07) is 0. The van der Waals surface area contributed by atoms with E-state index in [9.17, 15) is 0 Å². The molecule has 1 rings (SSSR count). The molecule has 0 amide bonds. The van der Waals surface area contributed by atoms with Crippen LogP contribution in [0.2, 0.25) is 0 Å². The zero-order chi connectivity index (χ0) is 7.40. The first kappa shape index (κ1) is 7.63. The van der Waals surface area contributed by atoms with E-state index in [1.165, 1.54) is 12.8 Å². The van der Waals surface area contributed by atoms with Crippen molar-refractivity contribution in [3.05, 3.63) is 0 Å². The van der Waals surface area contributed by atoms with Crippen LogP contribution in [0.25, 0.3) is 0 Å². The first-order chi connectivity index (χ1) is 4.86. The number of terminal acetylenes is 1. The third-order valence-corrected chi connectivity index (χ3v) is 2.25. The van der Waals surface area contributed by atoms with E-state index < -0.39 is 0 Å². The highest BCUT2D eigenvalue weighted by Crippen LogP contribution is 2.17. The van der Waals surface area contributed by atoms with Gasteiger partial charge in [0.05, 0.1) is 0 Å². The van der Waals surface area contributed by atoms with Gasteiger partial charge in [-0.3, -0.25) is 0 Å². The molecule has 0 aromatic carbocycles. The Kier molecular flexibility index (Phi) is 2.77. The second-order valence-corrected chi connectivity index (χ2v) is 3.03. The van der Waals surface area contributed by atoms with Crippen LogP contribution in [0.3, 0.4) is 0 Å². The maximum absolute atomic E-state index is 5.33. The Morgan fingerprint density at radius 2 is 2.40 bits per heavy atom. The van der Waals surface area contributed by atoms with E-state index in [1.54, 1.807) is 0 Å². The molecule has 1 aliphatic heterocycles. The minimum Gasteiger partial charge on any atom is -0.315 e. The van der Waals surface area contributed by atoms with E-state index >= 15 is 0 Å². The lowest BCUT2D eigenvalue weighted by Gasteiger charge is -2.25. The van der Waals surface area contributed by atoms with E-state index in [2.05, 4.69) is 18.2 Å². The lowest BCUT2D eigenvalue weighted by atomic mass is 9.89.